The van der Waals surface area contributed by atoms with Crippen LogP contribution in [0.15, 0.2) is 12.4 Å². The summed E-state index contributed by atoms with van der Waals surface area (Å²) in [5, 5.41) is 8.63. The van der Waals surface area contributed by atoms with E-state index in [1.54, 1.807) is 6.20 Å². The molecule has 0 bridgehead atoms. The number of imidazole rings is 1. The SMILES string of the molecule is CCc1nccn1C(C)C#N. The van der Waals surface area contributed by atoms with E-state index in [-0.39, 0.29) is 6.04 Å². The van der Waals surface area contributed by atoms with Crippen molar-refractivity contribution in [3.63, 3.8) is 0 Å². The van der Waals surface area contributed by atoms with Gasteiger partial charge in [-0.2, -0.15) is 5.26 Å². The van der Waals surface area contributed by atoms with Gasteiger partial charge >= 0.3 is 0 Å². The molecule has 0 saturated heterocycles. The van der Waals surface area contributed by atoms with Gasteiger partial charge in [0.05, 0.1) is 6.07 Å². The summed E-state index contributed by atoms with van der Waals surface area (Å²) in [5.74, 6) is 0.971. The molecule has 0 fully saturated rings. The van der Waals surface area contributed by atoms with Gasteiger partial charge in [0, 0.05) is 18.8 Å². The maximum absolute atomic E-state index is 8.63. The average molecular weight is 149 g/mol. The van der Waals surface area contributed by atoms with Gasteiger partial charge < -0.3 is 4.57 Å². The third kappa shape index (κ3) is 1.40. The molecule has 11 heavy (non-hydrogen) atoms. The quantitative estimate of drug-likeness (QED) is 0.639. The predicted octanol–water partition coefficient (Wildman–Crippen LogP) is 1.53. The molecule has 1 aromatic rings. The zero-order chi connectivity index (χ0) is 8.27. The topological polar surface area (TPSA) is 41.6 Å². The van der Waals surface area contributed by atoms with Gasteiger partial charge in [-0.1, -0.05) is 6.92 Å². The van der Waals surface area contributed by atoms with Crippen LogP contribution in [0.5, 0.6) is 0 Å². The Labute approximate surface area is 66.3 Å². The van der Waals surface area contributed by atoms with Crippen LogP contribution in [-0.2, 0) is 6.42 Å². The fourth-order valence-electron chi connectivity index (χ4n) is 1.03. The summed E-state index contributed by atoms with van der Waals surface area (Å²) in [7, 11) is 0. The maximum atomic E-state index is 8.63. The van der Waals surface area contributed by atoms with E-state index >= 15 is 0 Å². The van der Waals surface area contributed by atoms with Gasteiger partial charge in [-0.05, 0) is 6.92 Å². The Balaban J connectivity index is 2.94. The lowest BCUT2D eigenvalue weighted by Gasteiger charge is -2.06. The molecule has 0 radical (unpaired) electrons. The second-order valence-corrected chi connectivity index (χ2v) is 2.41. The van der Waals surface area contributed by atoms with E-state index in [0.29, 0.717) is 0 Å². The highest BCUT2D eigenvalue weighted by atomic mass is 15.1. The minimum Gasteiger partial charge on any atom is -0.319 e. The summed E-state index contributed by atoms with van der Waals surface area (Å²) in [6.45, 7) is 3.89. The van der Waals surface area contributed by atoms with Crippen molar-refractivity contribution in [2.24, 2.45) is 0 Å². The normalized spacial score (nSPS) is 12.5. The predicted molar refractivity (Wildman–Crippen MR) is 41.9 cm³/mol. The van der Waals surface area contributed by atoms with E-state index in [1.807, 2.05) is 24.6 Å². The monoisotopic (exact) mass is 149 g/mol. The molecule has 0 aliphatic carbocycles. The van der Waals surface area contributed by atoms with Crippen LogP contribution in [0.4, 0.5) is 0 Å². The lowest BCUT2D eigenvalue weighted by atomic mass is 10.3. The van der Waals surface area contributed by atoms with Crippen LogP contribution in [0.3, 0.4) is 0 Å². The largest absolute Gasteiger partial charge is 0.319 e. The van der Waals surface area contributed by atoms with E-state index in [0.717, 1.165) is 12.2 Å². The first-order chi connectivity index (χ1) is 5.29. The van der Waals surface area contributed by atoms with Crippen molar-refractivity contribution in [2.45, 2.75) is 26.3 Å². The zero-order valence-corrected chi connectivity index (χ0v) is 6.78. The number of nitriles is 1. The molecule has 0 spiro atoms. The van der Waals surface area contributed by atoms with Crippen molar-refractivity contribution in [1.82, 2.24) is 9.55 Å². The Morgan fingerprint density at radius 1 is 1.82 bits per heavy atom. The van der Waals surface area contributed by atoms with Crippen LogP contribution in [0, 0.1) is 11.3 Å². The highest BCUT2D eigenvalue weighted by Crippen LogP contribution is 2.07. The van der Waals surface area contributed by atoms with Gasteiger partial charge in [-0.25, -0.2) is 4.98 Å². The fourth-order valence-corrected chi connectivity index (χ4v) is 1.03. The first-order valence-electron chi connectivity index (χ1n) is 3.71. The van der Waals surface area contributed by atoms with E-state index < -0.39 is 0 Å². The van der Waals surface area contributed by atoms with Gasteiger partial charge in [0.15, 0.2) is 0 Å². The van der Waals surface area contributed by atoms with E-state index in [1.165, 1.54) is 0 Å². The number of aromatic nitrogens is 2. The Hall–Kier alpha value is -1.30. The Kier molecular flexibility index (Phi) is 2.27. The van der Waals surface area contributed by atoms with Crippen molar-refractivity contribution in [2.75, 3.05) is 0 Å². The van der Waals surface area contributed by atoms with E-state index in [4.69, 9.17) is 5.26 Å². The molecule has 58 valence electrons. The number of aryl methyl sites for hydroxylation is 1. The Morgan fingerprint density at radius 2 is 2.55 bits per heavy atom. The Bertz CT molecular complexity index is 269. The summed E-state index contributed by atoms with van der Waals surface area (Å²) in [5.41, 5.74) is 0. The molecule has 3 heteroatoms. The molecular weight excluding hydrogens is 138 g/mol. The van der Waals surface area contributed by atoms with Gasteiger partial charge in [0.25, 0.3) is 0 Å². The molecule has 0 saturated carbocycles. The van der Waals surface area contributed by atoms with Crippen LogP contribution in [0.1, 0.15) is 25.7 Å². The lowest BCUT2D eigenvalue weighted by Crippen LogP contribution is -2.05. The van der Waals surface area contributed by atoms with E-state index in [9.17, 15) is 0 Å². The molecule has 1 heterocycles. The number of nitrogens with zero attached hydrogens (tertiary/aromatic N) is 3. The van der Waals surface area contributed by atoms with Crippen molar-refractivity contribution >= 4 is 0 Å². The average Bonchev–Trinajstić information content (AvgIpc) is 2.50. The van der Waals surface area contributed by atoms with Gasteiger partial charge in [0.2, 0.25) is 0 Å². The van der Waals surface area contributed by atoms with Crippen molar-refractivity contribution in [3.05, 3.63) is 18.2 Å². The van der Waals surface area contributed by atoms with Gasteiger partial charge in [-0.3, -0.25) is 0 Å². The van der Waals surface area contributed by atoms with Gasteiger partial charge in [0.1, 0.15) is 11.9 Å². The minimum atomic E-state index is -0.104. The van der Waals surface area contributed by atoms with Crippen LogP contribution < -0.4 is 0 Å². The number of hydrogen-bond donors (Lipinski definition) is 0. The van der Waals surface area contributed by atoms with E-state index in [2.05, 4.69) is 11.1 Å². The number of rotatable bonds is 2. The molecular formula is C8H11N3. The first kappa shape index (κ1) is 7.80. The summed E-state index contributed by atoms with van der Waals surface area (Å²) in [6, 6.07) is 2.06. The van der Waals surface area contributed by atoms with Gasteiger partial charge in [-0.15, -0.1) is 0 Å². The molecule has 1 unspecified atom stereocenters. The minimum absolute atomic E-state index is 0.104. The number of hydrogen-bond acceptors (Lipinski definition) is 2. The smallest absolute Gasteiger partial charge is 0.119 e. The lowest BCUT2D eigenvalue weighted by molar-refractivity contribution is 0.634. The molecule has 1 aromatic heterocycles. The maximum Gasteiger partial charge on any atom is 0.119 e. The standard InChI is InChI=1S/C8H11N3/c1-3-8-10-4-5-11(8)7(2)6-9/h4-5,7H,3H2,1-2H3. The third-order valence-corrected chi connectivity index (χ3v) is 1.67. The molecule has 0 amide bonds. The Morgan fingerprint density at radius 3 is 3.09 bits per heavy atom. The fraction of sp³-hybridized carbons (Fsp3) is 0.500. The summed E-state index contributed by atoms with van der Waals surface area (Å²) in [6.07, 6.45) is 4.44. The van der Waals surface area contributed by atoms with Crippen LogP contribution in [-0.4, -0.2) is 9.55 Å². The molecule has 1 rings (SSSR count). The highest BCUT2D eigenvalue weighted by Gasteiger charge is 2.05. The summed E-state index contributed by atoms with van der Waals surface area (Å²) >= 11 is 0. The molecule has 3 nitrogen and oxygen atoms in total. The van der Waals surface area contributed by atoms with Crippen molar-refractivity contribution in [1.29, 1.82) is 5.26 Å². The molecule has 0 N–H and O–H groups in total. The van der Waals surface area contributed by atoms with Crippen LogP contribution in [0.2, 0.25) is 0 Å². The second-order valence-electron chi connectivity index (χ2n) is 2.41. The third-order valence-electron chi connectivity index (χ3n) is 1.67. The first-order valence-corrected chi connectivity index (χ1v) is 3.71. The van der Waals surface area contributed by atoms with Crippen molar-refractivity contribution in [3.8, 4) is 6.07 Å². The summed E-state index contributed by atoms with van der Waals surface area (Å²) in [4.78, 5) is 4.12. The molecule has 1 atom stereocenters. The second kappa shape index (κ2) is 3.20. The summed E-state index contributed by atoms with van der Waals surface area (Å²) < 4.78 is 1.89. The van der Waals surface area contributed by atoms with Crippen molar-refractivity contribution < 1.29 is 0 Å². The highest BCUT2D eigenvalue weighted by molar-refractivity contribution is 4.99. The molecule has 0 aliphatic heterocycles. The zero-order valence-electron chi connectivity index (χ0n) is 6.78. The van der Waals surface area contributed by atoms with Crippen LogP contribution >= 0.6 is 0 Å². The van der Waals surface area contributed by atoms with Crippen LogP contribution in [0.25, 0.3) is 0 Å². The molecule has 0 aliphatic rings. The molecule has 0 aromatic carbocycles.